The first-order valence-electron chi connectivity index (χ1n) is 5.65. The van der Waals surface area contributed by atoms with Gasteiger partial charge in [0.1, 0.15) is 0 Å². The molecule has 0 fully saturated rings. The molecule has 3 rings (SSSR count). The highest BCUT2D eigenvalue weighted by molar-refractivity contribution is 5.83. The number of rotatable bonds is 2. The summed E-state index contributed by atoms with van der Waals surface area (Å²) in [7, 11) is 3.10. The van der Waals surface area contributed by atoms with Crippen LogP contribution in [0.2, 0.25) is 0 Å². The van der Waals surface area contributed by atoms with E-state index in [4.69, 9.17) is 9.47 Å². The Hall–Kier alpha value is -2.24. The molecule has 0 atom stereocenters. The molecular formula is C12H13N3O3. The number of hydrogen-bond acceptors (Lipinski definition) is 5. The molecule has 0 saturated carbocycles. The molecule has 0 spiro atoms. The minimum absolute atomic E-state index is 0.0547. The van der Waals surface area contributed by atoms with Gasteiger partial charge in [0.25, 0.3) is 5.56 Å². The maximum absolute atomic E-state index is 12.3. The van der Waals surface area contributed by atoms with E-state index in [-0.39, 0.29) is 5.56 Å². The Balaban J connectivity index is 2.36. The second-order valence-corrected chi connectivity index (χ2v) is 4.04. The van der Waals surface area contributed by atoms with Crippen LogP contribution in [0.4, 0.5) is 5.95 Å². The molecule has 2 heterocycles. The summed E-state index contributed by atoms with van der Waals surface area (Å²) in [6.45, 7) is 1.37. The second kappa shape index (κ2) is 3.90. The maximum Gasteiger partial charge on any atom is 0.262 e. The highest BCUT2D eigenvalue weighted by atomic mass is 16.5. The molecule has 1 aliphatic heterocycles. The maximum atomic E-state index is 12.3. The van der Waals surface area contributed by atoms with Crippen molar-refractivity contribution in [2.45, 2.75) is 6.54 Å². The molecular weight excluding hydrogens is 234 g/mol. The van der Waals surface area contributed by atoms with Gasteiger partial charge in [-0.1, -0.05) is 0 Å². The number of methoxy groups -OCH3 is 2. The van der Waals surface area contributed by atoms with Crippen LogP contribution in [-0.4, -0.2) is 30.3 Å². The van der Waals surface area contributed by atoms with Crippen molar-refractivity contribution in [1.82, 2.24) is 9.55 Å². The van der Waals surface area contributed by atoms with E-state index in [1.165, 1.54) is 0 Å². The largest absolute Gasteiger partial charge is 0.493 e. The molecule has 1 N–H and O–H groups in total. The van der Waals surface area contributed by atoms with Crippen molar-refractivity contribution in [2.24, 2.45) is 0 Å². The van der Waals surface area contributed by atoms with Crippen molar-refractivity contribution in [2.75, 3.05) is 26.1 Å². The number of benzene rings is 1. The van der Waals surface area contributed by atoms with Gasteiger partial charge in [0.15, 0.2) is 11.5 Å². The van der Waals surface area contributed by atoms with Crippen LogP contribution in [0, 0.1) is 0 Å². The zero-order valence-electron chi connectivity index (χ0n) is 10.2. The van der Waals surface area contributed by atoms with Gasteiger partial charge in [-0.3, -0.25) is 9.36 Å². The number of hydrogen-bond donors (Lipinski definition) is 1. The van der Waals surface area contributed by atoms with Crippen LogP contribution in [0.15, 0.2) is 16.9 Å². The Kier molecular flexibility index (Phi) is 2.36. The molecule has 0 amide bonds. The Bertz CT molecular complexity index is 678. The zero-order chi connectivity index (χ0) is 12.7. The van der Waals surface area contributed by atoms with E-state index in [9.17, 15) is 4.79 Å². The monoisotopic (exact) mass is 247 g/mol. The Morgan fingerprint density at radius 1 is 1.28 bits per heavy atom. The molecule has 0 unspecified atom stereocenters. The highest BCUT2D eigenvalue weighted by Gasteiger charge is 2.17. The predicted octanol–water partition coefficient (Wildman–Crippen LogP) is 0.839. The topological polar surface area (TPSA) is 65.4 Å². The molecule has 0 saturated heterocycles. The van der Waals surface area contributed by atoms with E-state index in [0.717, 1.165) is 6.54 Å². The third kappa shape index (κ3) is 1.42. The zero-order valence-corrected chi connectivity index (χ0v) is 10.2. The highest BCUT2D eigenvalue weighted by Crippen LogP contribution is 2.30. The fourth-order valence-corrected chi connectivity index (χ4v) is 2.17. The molecule has 2 aromatic rings. The molecule has 1 aromatic carbocycles. The van der Waals surface area contributed by atoms with Crippen LogP contribution in [0.1, 0.15) is 0 Å². The van der Waals surface area contributed by atoms with Gasteiger partial charge < -0.3 is 14.8 Å². The van der Waals surface area contributed by atoms with Crippen molar-refractivity contribution in [3.05, 3.63) is 22.5 Å². The quantitative estimate of drug-likeness (QED) is 0.851. The van der Waals surface area contributed by atoms with Gasteiger partial charge in [0.05, 0.1) is 25.1 Å². The number of nitrogens with one attached hydrogen (secondary N) is 1. The van der Waals surface area contributed by atoms with Crippen LogP contribution < -0.4 is 20.3 Å². The van der Waals surface area contributed by atoms with Crippen molar-refractivity contribution < 1.29 is 9.47 Å². The van der Waals surface area contributed by atoms with Crippen molar-refractivity contribution in [3.63, 3.8) is 0 Å². The normalized spacial score (nSPS) is 13.2. The number of nitrogens with zero attached hydrogens (tertiary/aromatic N) is 2. The van der Waals surface area contributed by atoms with Crippen LogP contribution in [0.25, 0.3) is 10.9 Å². The van der Waals surface area contributed by atoms with E-state index in [0.29, 0.717) is 34.9 Å². The van der Waals surface area contributed by atoms with E-state index in [2.05, 4.69) is 10.3 Å². The third-order valence-electron chi connectivity index (χ3n) is 3.08. The molecule has 0 aliphatic carbocycles. The molecule has 0 radical (unpaired) electrons. The van der Waals surface area contributed by atoms with Crippen LogP contribution in [-0.2, 0) is 6.54 Å². The van der Waals surface area contributed by atoms with Crippen LogP contribution in [0.3, 0.4) is 0 Å². The van der Waals surface area contributed by atoms with E-state index < -0.39 is 0 Å². The van der Waals surface area contributed by atoms with Gasteiger partial charge in [0.2, 0.25) is 5.95 Å². The lowest BCUT2D eigenvalue weighted by Crippen LogP contribution is -2.19. The third-order valence-corrected chi connectivity index (χ3v) is 3.08. The van der Waals surface area contributed by atoms with Gasteiger partial charge in [-0.15, -0.1) is 0 Å². The first kappa shape index (κ1) is 10.9. The number of fused-ring (bicyclic) bond motifs is 2. The summed E-state index contributed by atoms with van der Waals surface area (Å²) < 4.78 is 12.0. The SMILES string of the molecule is COc1cc2nc3n(c(=O)c2cc1OC)CCN3. The van der Waals surface area contributed by atoms with Crippen molar-refractivity contribution in [1.29, 1.82) is 0 Å². The van der Waals surface area contributed by atoms with E-state index >= 15 is 0 Å². The molecule has 18 heavy (non-hydrogen) atoms. The Morgan fingerprint density at radius 3 is 2.72 bits per heavy atom. The van der Waals surface area contributed by atoms with Gasteiger partial charge in [-0.25, -0.2) is 4.98 Å². The van der Waals surface area contributed by atoms with Crippen molar-refractivity contribution >= 4 is 16.9 Å². The summed E-state index contributed by atoms with van der Waals surface area (Å²) in [5, 5.41) is 3.62. The fourth-order valence-electron chi connectivity index (χ4n) is 2.17. The smallest absolute Gasteiger partial charge is 0.262 e. The lowest BCUT2D eigenvalue weighted by Gasteiger charge is -2.10. The summed E-state index contributed by atoms with van der Waals surface area (Å²) in [6, 6.07) is 3.39. The minimum Gasteiger partial charge on any atom is -0.493 e. The lowest BCUT2D eigenvalue weighted by molar-refractivity contribution is 0.355. The molecule has 1 aromatic heterocycles. The van der Waals surface area contributed by atoms with Crippen molar-refractivity contribution in [3.8, 4) is 11.5 Å². The minimum atomic E-state index is -0.0547. The average Bonchev–Trinajstić information content (AvgIpc) is 2.86. The van der Waals surface area contributed by atoms with Gasteiger partial charge in [-0.05, 0) is 6.07 Å². The molecule has 1 aliphatic rings. The van der Waals surface area contributed by atoms with E-state index in [1.54, 1.807) is 30.9 Å². The summed E-state index contributed by atoms with van der Waals surface area (Å²) >= 11 is 0. The van der Waals surface area contributed by atoms with Crippen LogP contribution >= 0.6 is 0 Å². The number of aromatic nitrogens is 2. The standard InChI is InChI=1S/C12H13N3O3/c1-17-9-5-7-8(6-10(9)18-2)14-12-13-3-4-15(12)11(7)16/h5-6H,3-4H2,1-2H3,(H,13,14). The molecule has 6 nitrogen and oxygen atoms in total. The Morgan fingerprint density at radius 2 is 2.00 bits per heavy atom. The summed E-state index contributed by atoms with van der Waals surface area (Å²) in [4.78, 5) is 16.7. The lowest BCUT2D eigenvalue weighted by atomic mass is 10.2. The van der Waals surface area contributed by atoms with Gasteiger partial charge >= 0.3 is 0 Å². The fraction of sp³-hybridized carbons (Fsp3) is 0.333. The molecule has 0 bridgehead atoms. The number of ether oxygens (including phenoxy) is 2. The molecule has 6 heteroatoms. The summed E-state index contributed by atoms with van der Waals surface area (Å²) in [5.41, 5.74) is 0.555. The van der Waals surface area contributed by atoms with Crippen LogP contribution in [0.5, 0.6) is 11.5 Å². The van der Waals surface area contributed by atoms with Gasteiger partial charge in [0, 0.05) is 19.2 Å². The van der Waals surface area contributed by atoms with Gasteiger partial charge in [-0.2, -0.15) is 0 Å². The summed E-state index contributed by atoms with van der Waals surface area (Å²) in [6.07, 6.45) is 0. The second-order valence-electron chi connectivity index (χ2n) is 4.04. The Labute approximate surface area is 103 Å². The first-order chi connectivity index (χ1) is 8.74. The predicted molar refractivity (Wildman–Crippen MR) is 67.6 cm³/mol. The first-order valence-corrected chi connectivity index (χ1v) is 5.65. The van der Waals surface area contributed by atoms with E-state index in [1.807, 2.05) is 0 Å². The summed E-state index contributed by atoms with van der Waals surface area (Å²) in [5.74, 6) is 1.72. The average molecular weight is 247 g/mol. The number of anilines is 1. The molecule has 94 valence electrons.